The third kappa shape index (κ3) is 2.42. The normalized spacial score (nSPS) is 11.2. The van der Waals surface area contributed by atoms with E-state index in [1.807, 2.05) is 14.1 Å². The zero-order chi connectivity index (χ0) is 6.57. The highest BCUT2D eigenvalue weighted by atomic mass is 28.3. The fourth-order valence-corrected chi connectivity index (χ4v) is 1.72. The second kappa shape index (κ2) is 4.02. The molecule has 0 saturated heterocycles. The molecule has 0 amide bonds. The van der Waals surface area contributed by atoms with E-state index in [1.54, 1.807) is 0 Å². The molecule has 3 nitrogen and oxygen atoms in total. The number of nitrogens with zero attached hydrogens (tertiary/aromatic N) is 1. The lowest BCUT2D eigenvalue weighted by atomic mass is 11.3. The zero-order valence-corrected chi connectivity index (χ0v) is 6.95. The molecule has 0 unspecified atom stereocenters. The Balaban J connectivity index is 3.35. The van der Waals surface area contributed by atoms with Crippen molar-refractivity contribution < 1.29 is 0 Å². The fraction of sp³-hybridized carbons (Fsp3) is 1.00. The monoisotopic (exact) mass is 132 g/mol. The zero-order valence-electron chi connectivity index (χ0n) is 5.95. The van der Waals surface area contributed by atoms with Crippen LogP contribution in [-0.2, 0) is 0 Å². The number of hydrogen-bond acceptors (Lipinski definition) is 3. The molecule has 0 bridgehead atoms. The minimum absolute atomic E-state index is 0.607. The van der Waals surface area contributed by atoms with Crippen LogP contribution in [-0.4, -0.2) is 42.0 Å². The molecule has 49 valence electrons. The van der Waals surface area contributed by atoms with Gasteiger partial charge in [-0.25, -0.2) is 0 Å². The molecule has 0 heterocycles. The van der Waals surface area contributed by atoms with Gasteiger partial charge in [0.2, 0.25) is 0 Å². The van der Waals surface area contributed by atoms with Crippen LogP contribution in [0.2, 0.25) is 0 Å². The average Bonchev–Trinajstić information content (AvgIpc) is 1.69. The summed E-state index contributed by atoms with van der Waals surface area (Å²) in [6.07, 6.45) is 0. The van der Waals surface area contributed by atoms with Crippen LogP contribution in [0.15, 0.2) is 0 Å². The third-order valence-corrected chi connectivity index (χ3v) is 2.76. The van der Waals surface area contributed by atoms with Crippen LogP contribution in [0.4, 0.5) is 0 Å². The Kier molecular flexibility index (Phi) is 4.07. The van der Waals surface area contributed by atoms with E-state index in [1.165, 1.54) is 0 Å². The summed E-state index contributed by atoms with van der Waals surface area (Å²) in [6, 6.07) is 0. The van der Waals surface area contributed by atoms with Gasteiger partial charge in [0.15, 0.2) is 0 Å². The highest BCUT2D eigenvalue weighted by Crippen LogP contribution is 1.71. The van der Waals surface area contributed by atoms with Crippen molar-refractivity contribution in [2.24, 2.45) is 0 Å². The SMILES string of the molecule is CN[Si](NC)N(C)C. The second-order valence-corrected chi connectivity index (χ2v) is 4.33. The van der Waals surface area contributed by atoms with E-state index >= 15 is 0 Å². The van der Waals surface area contributed by atoms with Crippen molar-refractivity contribution in [3.8, 4) is 0 Å². The van der Waals surface area contributed by atoms with E-state index in [-0.39, 0.29) is 0 Å². The molecule has 0 aromatic heterocycles. The van der Waals surface area contributed by atoms with E-state index < -0.39 is 9.28 Å². The predicted molar refractivity (Wildman–Crippen MR) is 37.6 cm³/mol. The summed E-state index contributed by atoms with van der Waals surface area (Å²) < 4.78 is 2.16. The van der Waals surface area contributed by atoms with E-state index in [0.29, 0.717) is 0 Å². The Morgan fingerprint density at radius 3 is 1.50 bits per heavy atom. The molecule has 0 rings (SSSR count). The van der Waals surface area contributed by atoms with Crippen LogP contribution in [0.5, 0.6) is 0 Å². The number of hydrogen-bond donors (Lipinski definition) is 2. The summed E-state index contributed by atoms with van der Waals surface area (Å²) in [7, 11) is 7.43. The first-order valence-electron chi connectivity index (χ1n) is 2.62. The molecule has 0 aliphatic carbocycles. The van der Waals surface area contributed by atoms with Gasteiger partial charge in [0, 0.05) is 0 Å². The van der Waals surface area contributed by atoms with Gasteiger partial charge in [0.05, 0.1) is 0 Å². The predicted octanol–water partition coefficient (Wildman–Crippen LogP) is -1.03. The van der Waals surface area contributed by atoms with Gasteiger partial charge in [-0.3, -0.25) is 0 Å². The smallest absolute Gasteiger partial charge is 0.315 e. The first-order chi connectivity index (χ1) is 3.72. The van der Waals surface area contributed by atoms with Crippen molar-refractivity contribution in [1.82, 2.24) is 14.5 Å². The van der Waals surface area contributed by atoms with Gasteiger partial charge in [-0.2, -0.15) is 0 Å². The minimum Gasteiger partial charge on any atom is -0.315 e. The van der Waals surface area contributed by atoms with Crippen molar-refractivity contribution in [1.29, 1.82) is 0 Å². The van der Waals surface area contributed by atoms with Gasteiger partial charge in [0.25, 0.3) is 0 Å². The summed E-state index contributed by atoms with van der Waals surface area (Å²) in [4.78, 5) is 6.34. The van der Waals surface area contributed by atoms with Crippen LogP contribution < -0.4 is 9.96 Å². The summed E-state index contributed by atoms with van der Waals surface area (Å²) in [5.41, 5.74) is 0. The molecule has 0 aliphatic heterocycles. The molecule has 2 N–H and O–H groups in total. The molecule has 0 atom stereocenters. The lowest BCUT2D eigenvalue weighted by Crippen LogP contribution is -2.54. The van der Waals surface area contributed by atoms with Gasteiger partial charge in [-0.1, -0.05) is 0 Å². The molecule has 0 saturated carbocycles. The summed E-state index contributed by atoms with van der Waals surface area (Å²) in [5, 5.41) is 0. The lowest BCUT2D eigenvalue weighted by Gasteiger charge is -2.17. The second-order valence-electron chi connectivity index (χ2n) is 1.74. The molecule has 0 spiro atoms. The van der Waals surface area contributed by atoms with Gasteiger partial charge < -0.3 is 14.5 Å². The van der Waals surface area contributed by atoms with Crippen molar-refractivity contribution >= 4 is 9.28 Å². The van der Waals surface area contributed by atoms with Crippen LogP contribution in [0.3, 0.4) is 0 Å². The van der Waals surface area contributed by atoms with Crippen molar-refractivity contribution in [2.45, 2.75) is 0 Å². The Labute approximate surface area is 52.9 Å². The standard InChI is InChI=1S/C4H14N3Si/c1-5-8(6-2)7(3)4/h5-6H,1-4H3. The maximum Gasteiger partial charge on any atom is 0.321 e. The van der Waals surface area contributed by atoms with Crippen LogP contribution in [0.1, 0.15) is 0 Å². The number of nitrogens with one attached hydrogen (secondary N) is 2. The maximum absolute atomic E-state index is 3.17. The van der Waals surface area contributed by atoms with Gasteiger partial charge in [-0.05, 0) is 28.2 Å². The van der Waals surface area contributed by atoms with Gasteiger partial charge >= 0.3 is 9.28 Å². The Morgan fingerprint density at radius 1 is 1.12 bits per heavy atom. The largest absolute Gasteiger partial charge is 0.321 e. The molecule has 0 aromatic rings. The average molecular weight is 132 g/mol. The van der Waals surface area contributed by atoms with Crippen LogP contribution in [0.25, 0.3) is 0 Å². The first kappa shape index (κ1) is 8.10. The minimum atomic E-state index is -0.607. The van der Waals surface area contributed by atoms with E-state index in [4.69, 9.17) is 0 Å². The molecule has 4 heteroatoms. The molecular weight excluding hydrogens is 118 g/mol. The van der Waals surface area contributed by atoms with Gasteiger partial charge in [0.1, 0.15) is 0 Å². The van der Waals surface area contributed by atoms with Crippen LogP contribution >= 0.6 is 0 Å². The van der Waals surface area contributed by atoms with Crippen molar-refractivity contribution in [2.75, 3.05) is 28.2 Å². The maximum atomic E-state index is 3.17. The fourth-order valence-electron chi connectivity index (χ4n) is 0.572. The number of rotatable bonds is 3. The quantitative estimate of drug-likeness (QED) is 0.481. The van der Waals surface area contributed by atoms with E-state index in [0.717, 1.165) is 0 Å². The third-order valence-electron chi connectivity index (χ3n) is 0.921. The summed E-state index contributed by atoms with van der Waals surface area (Å²) >= 11 is 0. The Morgan fingerprint density at radius 2 is 1.50 bits per heavy atom. The molecule has 0 fully saturated rings. The molecule has 1 radical (unpaired) electrons. The van der Waals surface area contributed by atoms with Gasteiger partial charge in [-0.15, -0.1) is 0 Å². The molecule has 8 heavy (non-hydrogen) atoms. The van der Waals surface area contributed by atoms with Crippen LogP contribution in [0, 0.1) is 0 Å². The van der Waals surface area contributed by atoms with Crippen molar-refractivity contribution in [3.05, 3.63) is 0 Å². The molecule has 0 aromatic carbocycles. The topological polar surface area (TPSA) is 27.3 Å². The first-order valence-corrected chi connectivity index (χ1v) is 4.07. The van der Waals surface area contributed by atoms with Crippen molar-refractivity contribution in [3.63, 3.8) is 0 Å². The molecule has 0 aliphatic rings. The van der Waals surface area contributed by atoms with E-state index in [9.17, 15) is 0 Å². The highest BCUT2D eigenvalue weighted by molar-refractivity contribution is 6.49. The summed E-state index contributed by atoms with van der Waals surface area (Å²) in [6.45, 7) is 0. The highest BCUT2D eigenvalue weighted by Gasteiger charge is 2.08. The summed E-state index contributed by atoms with van der Waals surface area (Å²) in [5.74, 6) is 0. The Hall–Kier alpha value is 0.0969. The Bertz CT molecular complexity index is 53.2. The lowest BCUT2D eigenvalue weighted by molar-refractivity contribution is 0.608. The molecular formula is C4H14N3Si. The van der Waals surface area contributed by atoms with E-state index in [2.05, 4.69) is 28.6 Å².